The summed E-state index contributed by atoms with van der Waals surface area (Å²) in [7, 11) is 0. The molecule has 0 spiro atoms. The number of benzene rings is 2. The van der Waals surface area contributed by atoms with E-state index in [2.05, 4.69) is 10.3 Å². The Morgan fingerprint density at radius 1 is 1.09 bits per heavy atom. The van der Waals surface area contributed by atoms with Crippen molar-refractivity contribution in [3.8, 4) is 0 Å². The molecule has 33 heavy (non-hydrogen) atoms. The van der Waals surface area contributed by atoms with Crippen LogP contribution in [0.25, 0.3) is 0 Å². The summed E-state index contributed by atoms with van der Waals surface area (Å²) in [6.45, 7) is 2.36. The van der Waals surface area contributed by atoms with Gasteiger partial charge >= 0.3 is 6.03 Å². The SMILES string of the molecule is Cc1cccc(Cl)c1N1Cc2cnc(Nc3ccc(N)cc3)nc2N(C2CCCCC2)C1=O. The molecule has 0 unspecified atom stereocenters. The number of hydrogen-bond donors (Lipinski definition) is 2. The van der Waals surface area contributed by atoms with Crippen LogP contribution in [0.5, 0.6) is 0 Å². The van der Waals surface area contributed by atoms with E-state index < -0.39 is 0 Å². The van der Waals surface area contributed by atoms with Crippen molar-refractivity contribution in [2.45, 2.75) is 51.6 Å². The molecular formula is C25H27ClN6O. The number of hydrogen-bond acceptors (Lipinski definition) is 5. The maximum absolute atomic E-state index is 13.9. The second-order valence-corrected chi connectivity index (χ2v) is 9.13. The Balaban J connectivity index is 1.55. The Morgan fingerprint density at radius 3 is 2.58 bits per heavy atom. The molecule has 8 heteroatoms. The number of carbonyl (C=O) groups excluding carboxylic acids is 1. The molecule has 0 saturated heterocycles. The van der Waals surface area contributed by atoms with Crippen LogP contribution in [0.2, 0.25) is 5.02 Å². The zero-order valence-electron chi connectivity index (χ0n) is 18.6. The average molecular weight is 463 g/mol. The molecule has 3 aromatic rings. The summed E-state index contributed by atoms with van der Waals surface area (Å²) in [5, 5.41) is 3.80. The van der Waals surface area contributed by atoms with Crippen molar-refractivity contribution in [3.05, 3.63) is 64.8 Å². The fourth-order valence-electron chi connectivity index (χ4n) is 4.74. The molecule has 1 saturated carbocycles. The fourth-order valence-corrected chi connectivity index (χ4v) is 5.06. The van der Waals surface area contributed by atoms with Crippen LogP contribution in [-0.2, 0) is 6.54 Å². The van der Waals surface area contributed by atoms with E-state index in [-0.39, 0.29) is 12.1 Å². The molecule has 5 rings (SSSR count). The third-order valence-electron chi connectivity index (χ3n) is 6.40. The van der Waals surface area contributed by atoms with Gasteiger partial charge in [0.1, 0.15) is 5.82 Å². The first kappa shape index (κ1) is 21.5. The van der Waals surface area contributed by atoms with Crippen molar-refractivity contribution in [1.82, 2.24) is 9.97 Å². The summed E-state index contributed by atoms with van der Waals surface area (Å²) in [5.74, 6) is 1.13. The van der Waals surface area contributed by atoms with E-state index in [1.807, 2.05) is 60.5 Å². The molecule has 3 N–H and O–H groups in total. The lowest BCUT2D eigenvalue weighted by Gasteiger charge is -2.42. The van der Waals surface area contributed by atoms with E-state index in [9.17, 15) is 4.79 Å². The first-order chi connectivity index (χ1) is 16.0. The van der Waals surface area contributed by atoms with Gasteiger partial charge in [-0.3, -0.25) is 9.80 Å². The van der Waals surface area contributed by atoms with Crippen LogP contribution >= 0.6 is 11.6 Å². The number of para-hydroxylation sites is 1. The van der Waals surface area contributed by atoms with Crippen LogP contribution in [-0.4, -0.2) is 22.0 Å². The molecule has 1 fully saturated rings. The minimum Gasteiger partial charge on any atom is -0.399 e. The number of carbonyl (C=O) groups is 1. The average Bonchev–Trinajstić information content (AvgIpc) is 2.81. The van der Waals surface area contributed by atoms with Gasteiger partial charge in [-0.15, -0.1) is 0 Å². The quantitative estimate of drug-likeness (QED) is 0.461. The number of aryl methyl sites for hydroxylation is 1. The largest absolute Gasteiger partial charge is 0.399 e. The van der Waals surface area contributed by atoms with Crippen LogP contribution in [0.1, 0.15) is 43.2 Å². The Hall–Kier alpha value is -3.32. The van der Waals surface area contributed by atoms with E-state index >= 15 is 0 Å². The number of nitrogen functional groups attached to an aromatic ring is 1. The maximum Gasteiger partial charge on any atom is 0.330 e. The first-order valence-corrected chi connectivity index (χ1v) is 11.7. The monoisotopic (exact) mass is 462 g/mol. The second-order valence-electron chi connectivity index (χ2n) is 8.73. The number of aromatic nitrogens is 2. The van der Waals surface area contributed by atoms with E-state index in [0.717, 1.165) is 48.2 Å². The van der Waals surface area contributed by atoms with Crippen molar-refractivity contribution in [3.63, 3.8) is 0 Å². The highest BCUT2D eigenvalue weighted by Gasteiger charge is 2.38. The second kappa shape index (κ2) is 8.90. The van der Waals surface area contributed by atoms with Crippen LogP contribution < -0.4 is 20.9 Å². The Labute approximate surface area is 198 Å². The number of amides is 2. The number of fused-ring (bicyclic) bond motifs is 1. The van der Waals surface area contributed by atoms with E-state index in [1.54, 1.807) is 4.90 Å². The van der Waals surface area contributed by atoms with Crippen molar-refractivity contribution >= 4 is 46.5 Å². The molecule has 2 heterocycles. The molecule has 2 aliphatic rings. The minimum atomic E-state index is -0.0808. The molecule has 7 nitrogen and oxygen atoms in total. The minimum absolute atomic E-state index is 0.0808. The Bertz CT molecular complexity index is 1160. The normalized spacial score (nSPS) is 16.6. The Kier molecular flexibility index (Phi) is 5.81. The molecule has 0 bridgehead atoms. The molecular weight excluding hydrogens is 436 g/mol. The summed E-state index contributed by atoms with van der Waals surface area (Å²) >= 11 is 6.55. The molecule has 1 aliphatic heterocycles. The van der Waals surface area contributed by atoms with Crippen molar-refractivity contribution in [2.75, 3.05) is 20.9 Å². The van der Waals surface area contributed by atoms with Gasteiger partial charge in [0.05, 0.1) is 17.3 Å². The van der Waals surface area contributed by atoms with Gasteiger partial charge in [0.2, 0.25) is 5.95 Å². The number of anilines is 5. The lowest BCUT2D eigenvalue weighted by Crippen LogP contribution is -2.53. The van der Waals surface area contributed by atoms with E-state index in [4.69, 9.17) is 22.3 Å². The van der Waals surface area contributed by atoms with Gasteiger partial charge in [0.25, 0.3) is 0 Å². The summed E-state index contributed by atoms with van der Waals surface area (Å²) in [5.41, 5.74) is 9.94. The zero-order chi connectivity index (χ0) is 22.9. The predicted molar refractivity (Wildman–Crippen MR) is 133 cm³/mol. The zero-order valence-corrected chi connectivity index (χ0v) is 19.3. The fraction of sp³-hybridized carbons (Fsp3) is 0.320. The summed E-state index contributed by atoms with van der Waals surface area (Å²) in [6.07, 6.45) is 7.15. The van der Waals surface area contributed by atoms with Crippen LogP contribution in [0, 0.1) is 6.92 Å². The van der Waals surface area contributed by atoms with Gasteiger partial charge in [-0.05, 0) is 55.7 Å². The first-order valence-electron chi connectivity index (χ1n) is 11.4. The van der Waals surface area contributed by atoms with Crippen molar-refractivity contribution in [1.29, 1.82) is 0 Å². The van der Waals surface area contributed by atoms with Crippen LogP contribution in [0.4, 0.5) is 33.6 Å². The smallest absolute Gasteiger partial charge is 0.330 e. The van der Waals surface area contributed by atoms with Crippen LogP contribution in [0.15, 0.2) is 48.7 Å². The standard InChI is InChI=1S/C25H27ClN6O/c1-16-6-5-9-21(26)22(16)31-15-17-14-28-24(29-19-12-10-18(27)11-13-19)30-23(17)32(25(31)33)20-7-3-2-4-8-20/h5-6,9-14,20H,2-4,7-8,15,27H2,1H3,(H,28,29,30). The molecule has 170 valence electrons. The van der Waals surface area contributed by atoms with Crippen molar-refractivity contribution in [2.24, 2.45) is 0 Å². The van der Waals surface area contributed by atoms with Gasteiger partial charge in [0.15, 0.2) is 0 Å². The van der Waals surface area contributed by atoms with Gasteiger partial charge in [-0.25, -0.2) is 9.78 Å². The van der Waals surface area contributed by atoms with E-state index in [1.165, 1.54) is 6.42 Å². The summed E-state index contributed by atoms with van der Waals surface area (Å²) in [6, 6.07) is 13.1. The predicted octanol–water partition coefficient (Wildman–Crippen LogP) is 6.04. The number of halogens is 1. The van der Waals surface area contributed by atoms with Gasteiger partial charge < -0.3 is 11.1 Å². The van der Waals surface area contributed by atoms with E-state index in [0.29, 0.717) is 29.0 Å². The topological polar surface area (TPSA) is 87.4 Å². The molecule has 0 atom stereocenters. The molecule has 2 aromatic carbocycles. The maximum atomic E-state index is 13.9. The molecule has 1 aliphatic carbocycles. The molecule has 2 amide bonds. The third kappa shape index (κ3) is 4.20. The summed E-state index contributed by atoms with van der Waals surface area (Å²) < 4.78 is 0. The van der Waals surface area contributed by atoms with Crippen LogP contribution in [0.3, 0.4) is 0 Å². The third-order valence-corrected chi connectivity index (χ3v) is 6.71. The lowest BCUT2D eigenvalue weighted by atomic mass is 9.93. The molecule has 0 radical (unpaired) electrons. The van der Waals surface area contributed by atoms with Crippen molar-refractivity contribution < 1.29 is 4.79 Å². The summed E-state index contributed by atoms with van der Waals surface area (Å²) in [4.78, 5) is 26.9. The number of rotatable bonds is 4. The number of nitrogens with one attached hydrogen (secondary N) is 1. The number of urea groups is 1. The Morgan fingerprint density at radius 2 is 1.85 bits per heavy atom. The van der Waals surface area contributed by atoms with Gasteiger partial charge in [-0.2, -0.15) is 4.98 Å². The molecule has 1 aromatic heterocycles. The highest BCUT2D eigenvalue weighted by Crippen LogP contribution is 2.39. The highest BCUT2D eigenvalue weighted by molar-refractivity contribution is 6.34. The number of nitrogens with two attached hydrogens (primary N) is 1. The number of nitrogens with zero attached hydrogens (tertiary/aromatic N) is 4. The lowest BCUT2D eigenvalue weighted by molar-refractivity contribution is 0.244. The van der Waals surface area contributed by atoms with Gasteiger partial charge in [0, 0.05) is 29.2 Å². The van der Waals surface area contributed by atoms with Gasteiger partial charge in [-0.1, -0.05) is 43.0 Å². The highest BCUT2D eigenvalue weighted by atomic mass is 35.5.